The first kappa shape index (κ1) is 12.6. The largest absolute Gasteiger partial charge is 0.485 e. The third-order valence-corrected chi connectivity index (χ3v) is 2.53. The lowest BCUT2D eigenvalue weighted by Crippen LogP contribution is -1.99. The minimum atomic E-state index is -0.437. The number of ether oxygens (including phenoxy) is 1. The number of rotatable bonds is 5. The van der Waals surface area contributed by atoms with Crippen molar-refractivity contribution in [1.29, 1.82) is 0 Å². The lowest BCUT2D eigenvalue weighted by atomic mass is 10.1. The molecule has 2 nitrogen and oxygen atoms in total. The molecule has 3 heteroatoms. The van der Waals surface area contributed by atoms with E-state index in [1.165, 1.54) is 6.07 Å². The second kappa shape index (κ2) is 6.17. The number of halogens is 1. The zero-order valence-corrected chi connectivity index (χ0v) is 9.90. The van der Waals surface area contributed by atoms with Crippen molar-refractivity contribution in [3.63, 3.8) is 0 Å². The molecule has 0 aromatic heterocycles. The van der Waals surface area contributed by atoms with Crippen LogP contribution in [0.1, 0.15) is 11.1 Å². The second-order valence-corrected chi connectivity index (χ2v) is 3.91. The number of hydrogen-bond donors (Lipinski definition) is 1. The minimum absolute atomic E-state index is 0.0141. The molecule has 0 saturated heterocycles. The van der Waals surface area contributed by atoms with Crippen LogP contribution in [0.2, 0.25) is 0 Å². The lowest BCUT2D eigenvalue weighted by molar-refractivity contribution is 0.286. The van der Waals surface area contributed by atoms with Gasteiger partial charge in [0.1, 0.15) is 6.61 Å². The molecule has 0 aliphatic heterocycles. The van der Waals surface area contributed by atoms with Gasteiger partial charge in [0.2, 0.25) is 0 Å². The predicted octanol–water partition coefficient (Wildman–Crippen LogP) is 2.74. The Bertz CT molecular complexity index is 497. The lowest BCUT2D eigenvalue weighted by Gasteiger charge is -2.08. The molecule has 0 heterocycles. The van der Waals surface area contributed by atoms with E-state index in [4.69, 9.17) is 9.84 Å². The van der Waals surface area contributed by atoms with Gasteiger partial charge in [-0.05, 0) is 23.6 Å². The maximum atomic E-state index is 13.5. The monoisotopic (exact) mass is 245 g/mol. The molecule has 1 radical (unpaired) electrons. The first-order valence-corrected chi connectivity index (χ1v) is 5.78. The summed E-state index contributed by atoms with van der Waals surface area (Å²) in [5, 5.41) is 8.83. The highest BCUT2D eigenvalue weighted by Crippen LogP contribution is 2.19. The molecule has 0 atom stereocenters. The molecule has 0 amide bonds. The molecule has 0 spiro atoms. The molecular weight excluding hydrogens is 231 g/mol. The number of aliphatic hydroxyl groups excluding tert-OH is 1. The Morgan fingerprint density at radius 3 is 2.61 bits per heavy atom. The zero-order chi connectivity index (χ0) is 12.8. The average Bonchev–Trinajstić information content (AvgIpc) is 2.41. The Balaban J connectivity index is 2.06. The van der Waals surface area contributed by atoms with Gasteiger partial charge in [-0.15, -0.1) is 0 Å². The standard InChI is InChI=1S/C15H14FO2/c16-14-7-6-12(8-9-17)10-15(14)18-11-13-4-2-1-3-5-13/h1-7,17H,8-9,11H2. The quantitative estimate of drug-likeness (QED) is 0.877. The molecule has 93 valence electrons. The summed E-state index contributed by atoms with van der Waals surface area (Å²) in [6, 6.07) is 15.3. The van der Waals surface area contributed by atoms with E-state index in [0.717, 1.165) is 11.1 Å². The van der Waals surface area contributed by atoms with Gasteiger partial charge in [-0.2, -0.15) is 0 Å². The van der Waals surface area contributed by atoms with Gasteiger partial charge < -0.3 is 9.84 Å². The summed E-state index contributed by atoms with van der Waals surface area (Å²) in [7, 11) is 0. The van der Waals surface area contributed by atoms with E-state index in [1.54, 1.807) is 6.07 Å². The van der Waals surface area contributed by atoms with Gasteiger partial charge in [0.25, 0.3) is 0 Å². The zero-order valence-electron chi connectivity index (χ0n) is 9.90. The highest BCUT2D eigenvalue weighted by atomic mass is 19.1. The first-order valence-electron chi connectivity index (χ1n) is 5.78. The fourth-order valence-corrected chi connectivity index (χ4v) is 1.60. The highest BCUT2D eigenvalue weighted by molar-refractivity contribution is 5.29. The van der Waals surface area contributed by atoms with Crippen LogP contribution in [0.4, 0.5) is 4.39 Å². The Morgan fingerprint density at radius 1 is 1.11 bits per heavy atom. The van der Waals surface area contributed by atoms with Gasteiger partial charge in [-0.3, -0.25) is 0 Å². The van der Waals surface area contributed by atoms with Crippen LogP contribution >= 0.6 is 0 Å². The molecule has 0 fully saturated rings. The minimum Gasteiger partial charge on any atom is -0.485 e. The van der Waals surface area contributed by atoms with E-state index in [1.807, 2.05) is 30.3 Å². The fourth-order valence-electron chi connectivity index (χ4n) is 1.60. The van der Waals surface area contributed by atoms with Crippen LogP contribution < -0.4 is 4.74 Å². The summed E-state index contributed by atoms with van der Waals surface area (Å²) < 4.78 is 18.9. The second-order valence-electron chi connectivity index (χ2n) is 3.91. The van der Waals surface area contributed by atoms with Crippen LogP contribution in [-0.4, -0.2) is 11.7 Å². The van der Waals surface area contributed by atoms with Gasteiger partial charge in [0, 0.05) is 12.7 Å². The Kier molecular flexibility index (Phi) is 4.31. The number of aliphatic hydroxyl groups is 1. The summed E-state index contributed by atoms with van der Waals surface area (Å²) in [5.74, 6) is -0.336. The van der Waals surface area contributed by atoms with Gasteiger partial charge in [-0.1, -0.05) is 36.4 Å². The van der Waals surface area contributed by atoms with Crippen molar-refractivity contribution in [3.05, 3.63) is 65.5 Å². The van der Waals surface area contributed by atoms with Gasteiger partial charge >= 0.3 is 0 Å². The number of benzene rings is 2. The van der Waals surface area contributed by atoms with E-state index in [-0.39, 0.29) is 12.4 Å². The molecule has 0 saturated carbocycles. The van der Waals surface area contributed by atoms with Crippen molar-refractivity contribution >= 4 is 0 Å². The fraction of sp³-hybridized carbons (Fsp3) is 0.200. The van der Waals surface area contributed by atoms with E-state index in [0.29, 0.717) is 13.0 Å². The first-order chi connectivity index (χ1) is 8.79. The maximum absolute atomic E-state index is 13.5. The van der Waals surface area contributed by atoms with Crippen LogP contribution in [0.5, 0.6) is 5.75 Å². The molecule has 2 rings (SSSR count). The molecule has 2 aromatic carbocycles. The molecule has 2 aromatic rings. The van der Waals surface area contributed by atoms with Crippen LogP contribution in [-0.2, 0) is 13.0 Å². The van der Waals surface area contributed by atoms with E-state index in [2.05, 4.69) is 6.07 Å². The van der Waals surface area contributed by atoms with Crippen LogP contribution in [0.3, 0.4) is 0 Å². The summed E-state index contributed by atoms with van der Waals surface area (Å²) in [4.78, 5) is 0. The smallest absolute Gasteiger partial charge is 0.165 e. The predicted molar refractivity (Wildman–Crippen MR) is 66.8 cm³/mol. The Morgan fingerprint density at radius 2 is 1.89 bits per heavy atom. The summed E-state index contributed by atoms with van der Waals surface area (Å²) in [6.45, 7) is 0.317. The van der Waals surface area contributed by atoms with E-state index < -0.39 is 5.82 Å². The topological polar surface area (TPSA) is 29.5 Å². The summed E-state index contributed by atoms with van der Waals surface area (Å²) in [5.41, 5.74) is 1.71. The summed E-state index contributed by atoms with van der Waals surface area (Å²) >= 11 is 0. The maximum Gasteiger partial charge on any atom is 0.165 e. The third-order valence-electron chi connectivity index (χ3n) is 2.53. The molecule has 0 unspecified atom stereocenters. The molecule has 0 bridgehead atoms. The SMILES string of the molecule is OCCc1[c]c(OCc2ccccc2)c(F)cc1. The van der Waals surface area contributed by atoms with Crippen molar-refractivity contribution in [2.45, 2.75) is 13.0 Å². The van der Waals surface area contributed by atoms with E-state index in [9.17, 15) is 4.39 Å². The van der Waals surface area contributed by atoms with Crippen molar-refractivity contribution in [3.8, 4) is 5.75 Å². The molecule has 18 heavy (non-hydrogen) atoms. The van der Waals surface area contributed by atoms with Gasteiger partial charge in [-0.25, -0.2) is 4.39 Å². The van der Waals surface area contributed by atoms with E-state index >= 15 is 0 Å². The molecule has 0 aliphatic rings. The van der Waals surface area contributed by atoms with Crippen LogP contribution in [0, 0.1) is 11.9 Å². The normalized spacial score (nSPS) is 10.3. The van der Waals surface area contributed by atoms with Crippen LogP contribution in [0.25, 0.3) is 0 Å². The van der Waals surface area contributed by atoms with Crippen molar-refractivity contribution in [2.75, 3.05) is 6.61 Å². The number of hydrogen-bond acceptors (Lipinski definition) is 2. The van der Waals surface area contributed by atoms with Crippen molar-refractivity contribution in [1.82, 2.24) is 0 Å². The van der Waals surface area contributed by atoms with Crippen molar-refractivity contribution < 1.29 is 14.2 Å². The van der Waals surface area contributed by atoms with Gasteiger partial charge in [0.15, 0.2) is 11.6 Å². The average molecular weight is 245 g/mol. The summed E-state index contributed by atoms with van der Waals surface area (Å²) in [6.07, 6.45) is 0.446. The molecular formula is C15H14FO2. The van der Waals surface area contributed by atoms with Crippen LogP contribution in [0.15, 0.2) is 42.5 Å². The van der Waals surface area contributed by atoms with Gasteiger partial charge in [0.05, 0.1) is 0 Å². The molecule has 0 aliphatic carbocycles. The Labute approximate surface area is 106 Å². The third kappa shape index (κ3) is 3.31. The van der Waals surface area contributed by atoms with Crippen molar-refractivity contribution in [2.24, 2.45) is 0 Å². The molecule has 1 N–H and O–H groups in total. The highest BCUT2D eigenvalue weighted by Gasteiger charge is 2.05. The Hall–Kier alpha value is -1.87.